The van der Waals surface area contributed by atoms with Crippen LogP contribution in [0, 0.1) is 0 Å². The van der Waals surface area contributed by atoms with Crippen LogP contribution in [0.2, 0.25) is 0 Å². The molecule has 0 unspecified atom stereocenters. The number of thioether (sulfide) groups is 1. The van der Waals surface area contributed by atoms with E-state index in [-0.39, 0.29) is 11.4 Å². The summed E-state index contributed by atoms with van der Waals surface area (Å²) in [5.41, 5.74) is -0.110. The number of alkyl halides is 3. The van der Waals surface area contributed by atoms with Gasteiger partial charge in [-0.05, 0) is 18.2 Å². The Labute approximate surface area is 168 Å². The Balaban J connectivity index is 1.66. The minimum absolute atomic E-state index is 0.0492. The summed E-state index contributed by atoms with van der Waals surface area (Å²) in [6, 6.07) is 4.46. The number of ether oxygens (including phenoxy) is 1. The fourth-order valence-corrected chi connectivity index (χ4v) is 3.26. The van der Waals surface area contributed by atoms with Crippen LogP contribution < -0.4 is 10.1 Å². The molecule has 1 amide bonds. The second-order valence-electron chi connectivity index (χ2n) is 6.01. The Morgan fingerprint density at radius 3 is 2.72 bits per heavy atom. The van der Waals surface area contributed by atoms with Crippen molar-refractivity contribution in [1.82, 2.24) is 24.5 Å². The number of halogens is 3. The zero-order valence-electron chi connectivity index (χ0n) is 15.7. The molecule has 0 fully saturated rings. The molecule has 8 nitrogen and oxygen atoms in total. The maximum Gasteiger partial charge on any atom is 0.416 e. The Morgan fingerprint density at radius 2 is 2.03 bits per heavy atom. The van der Waals surface area contributed by atoms with Crippen LogP contribution in [-0.4, -0.2) is 43.3 Å². The molecule has 0 aliphatic rings. The van der Waals surface area contributed by atoms with Crippen LogP contribution in [0.4, 0.5) is 18.9 Å². The lowest BCUT2D eigenvalue weighted by atomic mass is 10.2. The minimum Gasteiger partial charge on any atom is -0.479 e. The first kappa shape index (κ1) is 20.7. The van der Waals surface area contributed by atoms with E-state index in [4.69, 9.17) is 4.74 Å². The largest absolute Gasteiger partial charge is 0.479 e. The van der Waals surface area contributed by atoms with E-state index in [9.17, 15) is 18.0 Å². The van der Waals surface area contributed by atoms with Crippen molar-refractivity contribution in [3.63, 3.8) is 0 Å². The number of carbonyl (C=O) groups is 1. The van der Waals surface area contributed by atoms with Gasteiger partial charge in [-0.3, -0.25) is 9.48 Å². The summed E-state index contributed by atoms with van der Waals surface area (Å²) in [4.78, 5) is 12.1. The highest BCUT2D eigenvalue weighted by Gasteiger charge is 2.30. The standard InChI is InChI=1S/C17H17F3N6O2S/c1-25-8-12(15(24-25)28-3)14-22-23-16(26(14)2)29-9-13(27)21-11-6-4-5-10(7-11)17(18,19)20/h4-8H,9H2,1-3H3,(H,21,27). The molecule has 3 aromatic rings. The quantitative estimate of drug-likeness (QED) is 0.610. The average Bonchev–Trinajstić information content (AvgIpc) is 3.21. The molecule has 2 heterocycles. The fourth-order valence-electron chi connectivity index (χ4n) is 2.55. The Bertz CT molecular complexity index is 1030. The number of anilines is 1. The van der Waals surface area contributed by atoms with Gasteiger partial charge in [0.1, 0.15) is 5.56 Å². The van der Waals surface area contributed by atoms with Gasteiger partial charge in [-0.2, -0.15) is 13.2 Å². The smallest absolute Gasteiger partial charge is 0.416 e. The first-order valence-corrected chi connectivity index (χ1v) is 9.25. The van der Waals surface area contributed by atoms with Gasteiger partial charge < -0.3 is 14.6 Å². The molecule has 0 aliphatic heterocycles. The first-order chi connectivity index (χ1) is 13.7. The van der Waals surface area contributed by atoms with Gasteiger partial charge in [0, 0.05) is 26.0 Å². The van der Waals surface area contributed by atoms with Gasteiger partial charge in [0.15, 0.2) is 11.0 Å². The van der Waals surface area contributed by atoms with Gasteiger partial charge in [0.05, 0.1) is 18.4 Å². The number of aryl methyl sites for hydroxylation is 1. The van der Waals surface area contributed by atoms with Crippen LogP contribution in [0.15, 0.2) is 35.6 Å². The van der Waals surface area contributed by atoms with Gasteiger partial charge in [0.2, 0.25) is 11.8 Å². The summed E-state index contributed by atoms with van der Waals surface area (Å²) < 4.78 is 46.8. The Kier molecular flexibility index (Phi) is 5.82. The van der Waals surface area contributed by atoms with Crippen molar-refractivity contribution in [1.29, 1.82) is 0 Å². The zero-order valence-corrected chi connectivity index (χ0v) is 16.5. The van der Waals surface area contributed by atoms with E-state index >= 15 is 0 Å². The Hall–Kier alpha value is -3.02. The second-order valence-corrected chi connectivity index (χ2v) is 6.95. The van der Waals surface area contributed by atoms with E-state index in [0.29, 0.717) is 22.4 Å². The molecule has 0 bridgehead atoms. The molecular weight excluding hydrogens is 409 g/mol. The molecule has 29 heavy (non-hydrogen) atoms. The van der Waals surface area contributed by atoms with Gasteiger partial charge >= 0.3 is 6.18 Å². The van der Waals surface area contributed by atoms with Gasteiger partial charge in [-0.25, -0.2) is 0 Å². The highest BCUT2D eigenvalue weighted by molar-refractivity contribution is 7.99. The highest BCUT2D eigenvalue weighted by Crippen LogP contribution is 2.31. The number of hydrogen-bond donors (Lipinski definition) is 1. The summed E-state index contributed by atoms with van der Waals surface area (Å²) in [7, 11) is 4.97. The van der Waals surface area contributed by atoms with Crippen LogP contribution in [-0.2, 0) is 25.1 Å². The van der Waals surface area contributed by atoms with Crippen LogP contribution in [0.3, 0.4) is 0 Å². The van der Waals surface area contributed by atoms with Crippen LogP contribution in [0.5, 0.6) is 5.88 Å². The van der Waals surface area contributed by atoms with E-state index in [0.717, 1.165) is 23.9 Å². The lowest BCUT2D eigenvalue weighted by Crippen LogP contribution is -2.15. The predicted octanol–water partition coefficient (Wildman–Crippen LogP) is 2.97. The Morgan fingerprint density at radius 1 is 1.28 bits per heavy atom. The molecular formula is C17H17F3N6O2S. The van der Waals surface area contributed by atoms with Crippen LogP contribution in [0.25, 0.3) is 11.4 Å². The molecule has 0 aliphatic carbocycles. The molecule has 2 aromatic heterocycles. The number of rotatable bonds is 6. The molecule has 154 valence electrons. The fraction of sp³-hybridized carbons (Fsp3) is 0.294. The second kappa shape index (κ2) is 8.15. The lowest BCUT2D eigenvalue weighted by molar-refractivity contribution is -0.137. The molecule has 12 heteroatoms. The molecule has 0 radical (unpaired) electrons. The van der Waals surface area contributed by atoms with Gasteiger partial charge in [-0.15, -0.1) is 15.3 Å². The van der Waals surface area contributed by atoms with E-state index in [2.05, 4.69) is 20.6 Å². The topological polar surface area (TPSA) is 86.9 Å². The molecule has 0 spiro atoms. The number of aromatic nitrogens is 5. The van der Waals surface area contributed by atoms with Crippen molar-refractivity contribution in [2.45, 2.75) is 11.3 Å². The normalized spacial score (nSPS) is 11.5. The van der Waals surface area contributed by atoms with Crippen LogP contribution in [0.1, 0.15) is 5.56 Å². The predicted molar refractivity (Wildman–Crippen MR) is 101 cm³/mol. The summed E-state index contributed by atoms with van der Waals surface area (Å²) in [5.74, 6) is 0.391. The number of hydrogen-bond acceptors (Lipinski definition) is 6. The molecule has 1 aromatic carbocycles. The van der Waals surface area contributed by atoms with Crippen LogP contribution >= 0.6 is 11.8 Å². The van der Waals surface area contributed by atoms with E-state index in [1.807, 2.05) is 0 Å². The van der Waals surface area contributed by atoms with Gasteiger partial charge in [0.25, 0.3) is 0 Å². The number of benzene rings is 1. The summed E-state index contributed by atoms with van der Waals surface area (Å²) in [5, 5.41) is 15.2. The number of methoxy groups -OCH3 is 1. The SMILES string of the molecule is COc1nn(C)cc1-c1nnc(SCC(=O)Nc2cccc(C(F)(F)F)c2)n1C. The summed E-state index contributed by atoms with van der Waals surface area (Å²) in [6.45, 7) is 0. The summed E-state index contributed by atoms with van der Waals surface area (Å²) >= 11 is 1.11. The molecule has 0 saturated carbocycles. The third kappa shape index (κ3) is 4.70. The van der Waals surface area contributed by atoms with Crippen molar-refractivity contribution >= 4 is 23.4 Å². The van der Waals surface area contributed by atoms with Crippen molar-refractivity contribution in [3.8, 4) is 17.3 Å². The zero-order chi connectivity index (χ0) is 21.2. The maximum atomic E-state index is 12.8. The third-order valence-electron chi connectivity index (χ3n) is 3.87. The van der Waals surface area contributed by atoms with E-state index < -0.39 is 17.6 Å². The van der Waals surface area contributed by atoms with E-state index in [1.165, 1.54) is 19.2 Å². The number of nitrogens with one attached hydrogen (secondary N) is 1. The van der Waals surface area contributed by atoms with E-state index in [1.54, 1.807) is 29.5 Å². The van der Waals surface area contributed by atoms with Gasteiger partial charge in [-0.1, -0.05) is 17.8 Å². The molecule has 3 rings (SSSR count). The number of nitrogens with zero attached hydrogens (tertiary/aromatic N) is 5. The summed E-state index contributed by atoms with van der Waals surface area (Å²) in [6.07, 6.45) is -2.74. The van der Waals surface area contributed by atoms with Crippen molar-refractivity contribution in [3.05, 3.63) is 36.0 Å². The lowest BCUT2D eigenvalue weighted by Gasteiger charge is -2.09. The molecule has 1 N–H and O–H groups in total. The number of carbonyl (C=O) groups excluding carboxylic acids is 1. The molecule has 0 atom stereocenters. The minimum atomic E-state index is -4.47. The van der Waals surface area contributed by atoms with Crippen molar-refractivity contribution in [2.75, 3.05) is 18.2 Å². The molecule has 0 saturated heterocycles. The average molecular weight is 426 g/mol. The maximum absolute atomic E-state index is 12.8. The van der Waals surface area contributed by atoms with Crippen molar-refractivity contribution in [2.24, 2.45) is 14.1 Å². The highest BCUT2D eigenvalue weighted by atomic mass is 32.2. The monoisotopic (exact) mass is 426 g/mol. The number of amides is 1. The third-order valence-corrected chi connectivity index (χ3v) is 4.89. The van der Waals surface area contributed by atoms with Crippen molar-refractivity contribution < 1.29 is 22.7 Å². The first-order valence-electron chi connectivity index (χ1n) is 8.26.